The summed E-state index contributed by atoms with van der Waals surface area (Å²) in [5, 5.41) is 1.89. The van der Waals surface area contributed by atoms with E-state index in [1.165, 1.54) is 13.8 Å². The minimum Gasteiger partial charge on any atom is -0.437 e. The molecular weight excluding hydrogens is 320 g/mol. The maximum atomic E-state index is 8.31. The van der Waals surface area contributed by atoms with Crippen molar-refractivity contribution in [3.8, 4) is 11.3 Å². The first kappa shape index (κ1) is 12.6. The van der Waals surface area contributed by atoms with Gasteiger partial charge in [-0.15, -0.1) is 0 Å². The maximum Gasteiger partial charge on any atom is 0.227 e. The highest BCUT2D eigenvalue weighted by Crippen LogP contribution is 2.36. The van der Waals surface area contributed by atoms with Gasteiger partial charge in [0.15, 0.2) is 11.8 Å². The number of aromatic nitrogens is 2. The molecule has 3 heteroatoms. The van der Waals surface area contributed by atoms with Gasteiger partial charge in [0, 0.05) is 33.6 Å². The van der Waals surface area contributed by atoms with E-state index in [4.69, 9.17) is 9.90 Å². The molecule has 0 saturated carbocycles. The minimum atomic E-state index is -1.70. The van der Waals surface area contributed by atoms with Crippen LogP contribution in [-0.4, -0.2) is 4.98 Å². The lowest BCUT2D eigenvalue weighted by Crippen LogP contribution is -2.32. The lowest BCUT2D eigenvalue weighted by atomic mass is 9.97. The van der Waals surface area contributed by atoms with Gasteiger partial charge in [-0.2, -0.15) is 0 Å². The van der Waals surface area contributed by atoms with E-state index < -0.39 is 12.7 Å². The molecule has 0 fully saturated rings. The van der Waals surface area contributed by atoms with Crippen molar-refractivity contribution in [2.45, 2.75) is 40.4 Å². The number of furan rings is 1. The first-order valence-electron chi connectivity index (χ1n) is 10.7. The zero-order valence-corrected chi connectivity index (χ0v) is 15.8. The Morgan fingerprint density at radius 1 is 1.04 bits per heavy atom. The fourth-order valence-electron chi connectivity index (χ4n) is 3.53. The van der Waals surface area contributed by atoms with Gasteiger partial charge in [-0.05, 0) is 49.9 Å². The molecule has 0 aliphatic heterocycles. The van der Waals surface area contributed by atoms with Crippen molar-refractivity contribution < 1.29 is 14.5 Å². The van der Waals surface area contributed by atoms with Crippen molar-refractivity contribution in [3.63, 3.8) is 0 Å². The van der Waals surface area contributed by atoms with Gasteiger partial charge in [-0.25, -0.2) is 9.55 Å². The third-order valence-corrected chi connectivity index (χ3v) is 4.92. The van der Waals surface area contributed by atoms with Crippen LogP contribution in [0.15, 0.2) is 40.9 Å². The molecule has 3 nitrogen and oxygen atoms in total. The first-order valence-corrected chi connectivity index (χ1v) is 8.72. The smallest absolute Gasteiger partial charge is 0.227 e. The summed E-state index contributed by atoms with van der Waals surface area (Å²) in [5.74, 6) is 0. The third-order valence-electron chi connectivity index (χ3n) is 4.92. The van der Waals surface area contributed by atoms with E-state index in [-0.39, 0.29) is 0 Å². The lowest BCUT2D eigenvalue weighted by Gasteiger charge is -2.10. The zero-order chi connectivity index (χ0) is 22.0. The number of pyridine rings is 2. The summed E-state index contributed by atoms with van der Waals surface area (Å²) in [4.78, 5) is 4.52. The number of hydrogen-bond acceptors (Lipinski definition) is 2. The molecule has 0 saturated heterocycles. The van der Waals surface area contributed by atoms with Crippen LogP contribution in [0.1, 0.15) is 41.7 Å². The second-order valence-corrected chi connectivity index (χ2v) is 6.64. The van der Waals surface area contributed by atoms with Crippen LogP contribution in [0.2, 0.25) is 0 Å². The monoisotopic (exact) mass is 349 g/mol. The van der Waals surface area contributed by atoms with Gasteiger partial charge in [0.05, 0.1) is 5.56 Å². The van der Waals surface area contributed by atoms with E-state index in [0.717, 1.165) is 33.3 Å². The molecule has 4 aromatic rings. The number of rotatable bonds is 3. The van der Waals surface area contributed by atoms with Crippen LogP contribution in [0.25, 0.3) is 33.3 Å². The quantitative estimate of drug-likeness (QED) is 0.475. The number of hydrogen-bond donors (Lipinski definition) is 0. The molecule has 26 heavy (non-hydrogen) atoms. The Morgan fingerprint density at radius 2 is 1.77 bits per heavy atom. The zero-order valence-electron chi connectivity index (χ0n) is 19.8. The Balaban J connectivity index is 2.10. The van der Waals surface area contributed by atoms with Gasteiger partial charge >= 0.3 is 0 Å². The van der Waals surface area contributed by atoms with Crippen molar-refractivity contribution in [1.29, 1.82) is 0 Å². The van der Waals surface area contributed by atoms with Crippen molar-refractivity contribution >= 4 is 22.1 Å². The van der Waals surface area contributed by atoms with Crippen LogP contribution >= 0.6 is 0 Å². The molecular formula is C23H25N2O+. The van der Waals surface area contributed by atoms with Gasteiger partial charge in [0.1, 0.15) is 7.05 Å². The van der Waals surface area contributed by atoms with Crippen LogP contribution < -0.4 is 4.57 Å². The van der Waals surface area contributed by atoms with Crippen LogP contribution in [-0.2, 0) is 19.8 Å². The van der Waals surface area contributed by atoms with Gasteiger partial charge in [-0.3, -0.25) is 0 Å². The number of nitrogens with zero attached hydrogens (tertiary/aromatic N) is 2. The normalized spacial score (nSPS) is 15.0. The summed E-state index contributed by atoms with van der Waals surface area (Å²) in [6, 6.07) is 9.77. The predicted octanol–water partition coefficient (Wildman–Crippen LogP) is 5.21. The van der Waals surface area contributed by atoms with Crippen LogP contribution in [0.4, 0.5) is 0 Å². The highest BCUT2D eigenvalue weighted by molar-refractivity contribution is 6.08. The van der Waals surface area contributed by atoms with Gasteiger partial charge in [0.2, 0.25) is 11.4 Å². The summed E-state index contributed by atoms with van der Waals surface area (Å²) in [6.07, 6.45) is -1.68. The summed E-state index contributed by atoms with van der Waals surface area (Å²) >= 11 is 0. The fourth-order valence-corrected chi connectivity index (χ4v) is 3.53. The fraction of sp³-hybridized carbons (Fsp3) is 0.304. The summed E-state index contributed by atoms with van der Waals surface area (Å²) in [6.45, 7) is 6.83. The van der Waals surface area contributed by atoms with Crippen LogP contribution in [0, 0.1) is 13.8 Å². The average Bonchev–Trinajstić information content (AvgIpc) is 2.97. The van der Waals surface area contributed by atoms with Crippen molar-refractivity contribution in [2.24, 2.45) is 7.05 Å². The van der Waals surface area contributed by atoms with E-state index in [0.29, 0.717) is 22.4 Å². The molecule has 3 heterocycles. The van der Waals surface area contributed by atoms with E-state index in [9.17, 15) is 0 Å². The molecule has 0 radical (unpaired) electrons. The van der Waals surface area contributed by atoms with Gasteiger partial charge in [0.25, 0.3) is 0 Å². The first-order chi connectivity index (χ1) is 13.9. The summed E-state index contributed by atoms with van der Waals surface area (Å²) in [7, 11) is 1.85. The highest BCUT2D eigenvalue weighted by atomic mass is 16.3. The van der Waals surface area contributed by atoms with Crippen molar-refractivity contribution in [2.75, 3.05) is 0 Å². The maximum absolute atomic E-state index is 8.31. The molecule has 3 aromatic heterocycles. The van der Waals surface area contributed by atoms with Crippen molar-refractivity contribution in [3.05, 3.63) is 58.9 Å². The summed E-state index contributed by atoms with van der Waals surface area (Å²) in [5.41, 5.74) is 5.45. The second kappa shape index (κ2) is 6.24. The molecule has 0 aliphatic carbocycles. The Kier molecular flexibility index (Phi) is 3.03. The molecule has 0 spiro atoms. The Bertz CT molecular complexity index is 1300. The molecule has 0 aliphatic rings. The molecule has 0 amide bonds. The lowest BCUT2D eigenvalue weighted by molar-refractivity contribution is -0.660. The predicted molar refractivity (Wildman–Crippen MR) is 106 cm³/mol. The second-order valence-electron chi connectivity index (χ2n) is 6.64. The molecule has 4 rings (SSSR count). The van der Waals surface area contributed by atoms with Crippen LogP contribution in [0.5, 0.6) is 0 Å². The Morgan fingerprint density at radius 3 is 2.50 bits per heavy atom. The number of fused-ring (bicyclic) bond motifs is 3. The van der Waals surface area contributed by atoms with E-state index in [1.807, 2.05) is 49.7 Å². The van der Waals surface area contributed by atoms with E-state index >= 15 is 0 Å². The standard InChI is InChI=1S/C23H25N2O/c1-6-16-12-20(25(5)13-17(16)7-2)21-14(3)8-10-18-19-11-9-15(4)24-23(19)26-22(18)21/h8-13H,6-7H2,1-5H3/q+1/i6D2,7D2. The Hall–Kier alpha value is -2.68. The molecule has 132 valence electrons. The third kappa shape index (κ3) is 2.50. The molecule has 0 N–H and O–H groups in total. The van der Waals surface area contributed by atoms with E-state index in [2.05, 4.69) is 4.98 Å². The molecule has 0 bridgehead atoms. The van der Waals surface area contributed by atoms with Crippen LogP contribution in [0.3, 0.4) is 0 Å². The largest absolute Gasteiger partial charge is 0.437 e. The van der Waals surface area contributed by atoms with Crippen molar-refractivity contribution in [1.82, 2.24) is 4.98 Å². The number of aryl methyl sites for hydroxylation is 5. The topological polar surface area (TPSA) is 29.9 Å². The molecule has 0 atom stereocenters. The SMILES string of the molecule is [2H]C([2H])(C)c1cc(-c2c(C)ccc3c2oc2nc(C)ccc23)[n+](C)cc1C([2H])([2H])C. The van der Waals surface area contributed by atoms with Gasteiger partial charge in [-0.1, -0.05) is 26.0 Å². The Labute approximate surface area is 159 Å². The average molecular weight is 349 g/mol. The number of benzene rings is 1. The van der Waals surface area contributed by atoms with E-state index in [1.54, 1.807) is 12.3 Å². The van der Waals surface area contributed by atoms with Gasteiger partial charge < -0.3 is 4.42 Å². The summed E-state index contributed by atoms with van der Waals surface area (Å²) < 4.78 is 41.0. The highest BCUT2D eigenvalue weighted by Gasteiger charge is 2.22. The molecule has 1 aromatic carbocycles. The molecule has 0 unspecified atom stereocenters. The minimum absolute atomic E-state index is 0.338.